The standard InChI is InChI=1S/C16H23ClN2O/c1-19(2,15-5-3-4-6-15)12-16(20)18-11-13-7-9-14(17)10-8-13/h7-10,15H,3-6,11-12H2,1-2H3/p+1. The fourth-order valence-electron chi connectivity index (χ4n) is 2.96. The molecule has 3 nitrogen and oxygen atoms in total. The van der Waals surface area contributed by atoms with Gasteiger partial charge >= 0.3 is 0 Å². The summed E-state index contributed by atoms with van der Waals surface area (Å²) < 4.78 is 0.798. The van der Waals surface area contributed by atoms with Crippen molar-refractivity contribution in [3.8, 4) is 0 Å². The monoisotopic (exact) mass is 295 g/mol. The van der Waals surface area contributed by atoms with E-state index >= 15 is 0 Å². The molecule has 1 aliphatic carbocycles. The Morgan fingerprint density at radius 1 is 1.25 bits per heavy atom. The molecule has 0 bridgehead atoms. The van der Waals surface area contributed by atoms with Crippen LogP contribution in [0.1, 0.15) is 31.2 Å². The summed E-state index contributed by atoms with van der Waals surface area (Å²) >= 11 is 5.84. The number of likely N-dealkylation sites (N-methyl/N-ethyl adjacent to an activating group) is 1. The minimum atomic E-state index is 0.122. The number of amides is 1. The smallest absolute Gasteiger partial charge is 0.275 e. The Kier molecular flexibility index (Phi) is 5.06. The van der Waals surface area contributed by atoms with Gasteiger partial charge in [-0.3, -0.25) is 4.79 Å². The number of quaternary nitrogens is 1. The highest BCUT2D eigenvalue weighted by Gasteiger charge is 2.32. The van der Waals surface area contributed by atoms with Crippen LogP contribution in [0.2, 0.25) is 5.02 Å². The molecular formula is C16H24ClN2O+. The zero-order chi connectivity index (χ0) is 14.6. The highest BCUT2D eigenvalue weighted by atomic mass is 35.5. The Labute approximate surface area is 126 Å². The molecule has 1 N–H and O–H groups in total. The summed E-state index contributed by atoms with van der Waals surface area (Å²) in [6, 6.07) is 8.22. The SMILES string of the molecule is C[N+](C)(CC(=O)NCc1ccc(Cl)cc1)C1CCCC1. The minimum Gasteiger partial charge on any atom is -0.347 e. The molecule has 1 amide bonds. The molecule has 0 saturated heterocycles. The third-order valence-electron chi connectivity index (χ3n) is 4.27. The van der Waals surface area contributed by atoms with Crippen LogP contribution in [-0.2, 0) is 11.3 Å². The molecule has 4 heteroatoms. The van der Waals surface area contributed by atoms with E-state index in [2.05, 4.69) is 19.4 Å². The van der Waals surface area contributed by atoms with E-state index in [9.17, 15) is 4.79 Å². The third-order valence-corrected chi connectivity index (χ3v) is 4.52. The number of carbonyl (C=O) groups excluding carboxylic acids is 1. The fourth-order valence-corrected chi connectivity index (χ4v) is 3.09. The molecular weight excluding hydrogens is 272 g/mol. The fraction of sp³-hybridized carbons (Fsp3) is 0.562. The van der Waals surface area contributed by atoms with Crippen LogP contribution in [0.25, 0.3) is 0 Å². The number of hydrogen-bond acceptors (Lipinski definition) is 1. The van der Waals surface area contributed by atoms with Crippen LogP contribution < -0.4 is 5.32 Å². The van der Waals surface area contributed by atoms with Crippen molar-refractivity contribution < 1.29 is 9.28 Å². The van der Waals surface area contributed by atoms with Crippen molar-refractivity contribution in [1.82, 2.24) is 5.32 Å². The Morgan fingerprint density at radius 3 is 2.45 bits per heavy atom. The predicted molar refractivity (Wildman–Crippen MR) is 82.5 cm³/mol. The second kappa shape index (κ2) is 6.59. The van der Waals surface area contributed by atoms with Crippen molar-refractivity contribution in [2.45, 2.75) is 38.3 Å². The highest BCUT2D eigenvalue weighted by molar-refractivity contribution is 6.30. The molecule has 20 heavy (non-hydrogen) atoms. The first-order valence-electron chi connectivity index (χ1n) is 7.31. The first-order valence-corrected chi connectivity index (χ1v) is 7.69. The number of nitrogens with zero attached hydrogens (tertiary/aromatic N) is 1. The molecule has 0 radical (unpaired) electrons. The number of carbonyl (C=O) groups is 1. The van der Waals surface area contributed by atoms with Gasteiger partial charge < -0.3 is 9.80 Å². The minimum absolute atomic E-state index is 0.122. The molecule has 1 aliphatic rings. The first-order chi connectivity index (χ1) is 9.47. The molecule has 0 aromatic heterocycles. The lowest BCUT2D eigenvalue weighted by Gasteiger charge is -2.35. The summed E-state index contributed by atoms with van der Waals surface area (Å²) in [5.74, 6) is 0.122. The Balaban J connectivity index is 1.81. The van der Waals surface area contributed by atoms with Gasteiger partial charge in [0.1, 0.15) is 0 Å². The van der Waals surface area contributed by atoms with E-state index < -0.39 is 0 Å². The van der Waals surface area contributed by atoms with Crippen LogP contribution >= 0.6 is 11.6 Å². The maximum atomic E-state index is 12.1. The van der Waals surface area contributed by atoms with Gasteiger partial charge in [0.2, 0.25) is 0 Å². The molecule has 0 spiro atoms. The van der Waals surface area contributed by atoms with Crippen LogP contribution in [0.4, 0.5) is 0 Å². The lowest BCUT2D eigenvalue weighted by atomic mass is 10.2. The third kappa shape index (κ3) is 4.22. The summed E-state index contributed by atoms with van der Waals surface area (Å²) in [4.78, 5) is 12.1. The van der Waals surface area contributed by atoms with Gasteiger partial charge in [-0.1, -0.05) is 23.7 Å². The molecule has 0 atom stereocenters. The van der Waals surface area contributed by atoms with Crippen molar-refractivity contribution in [2.75, 3.05) is 20.6 Å². The second-order valence-corrected chi connectivity index (χ2v) is 6.71. The van der Waals surface area contributed by atoms with E-state index in [1.807, 2.05) is 24.3 Å². The van der Waals surface area contributed by atoms with Gasteiger partial charge in [-0.05, 0) is 43.4 Å². The highest BCUT2D eigenvalue weighted by Crippen LogP contribution is 2.26. The summed E-state index contributed by atoms with van der Waals surface area (Å²) in [6.45, 7) is 1.12. The Hall–Kier alpha value is -1.06. The maximum Gasteiger partial charge on any atom is 0.275 e. The topological polar surface area (TPSA) is 29.1 Å². The predicted octanol–water partition coefficient (Wildman–Crippen LogP) is 2.98. The molecule has 0 aliphatic heterocycles. The molecule has 1 saturated carbocycles. The number of nitrogens with one attached hydrogen (secondary N) is 1. The zero-order valence-electron chi connectivity index (χ0n) is 12.4. The van der Waals surface area contributed by atoms with Crippen LogP contribution in [0.5, 0.6) is 0 Å². The summed E-state index contributed by atoms with van der Waals surface area (Å²) in [5.41, 5.74) is 1.08. The van der Waals surface area contributed by atoms with Crippen LogP contribution in [0, 0.1) is 0 Å². The van der Waals surface area contributed by atoms with Gasteiger partial charge in [0.15, 0.2) is 6.54 Å². The van der Waals surface area contributed by atoms with Crippen molar-refractivity contribution in [2.24, 2.45) is 0 Å². The van der Waals surface area contributed by atoms with Crippen LogP contribution in [0.3, 0.4) is 0 Å². The Morgan fingerprint density at radius 2 is 1.85 bits per heavy atom. The lowest BCUT2D eigenvalue weighted by molar-refractivity contribution is -0.906. The molecule has 2 rings (SSSR count). The number of hydrogen-bond donors (Lipinski definition) is 1. The van der Waals surface area contributed by atoms with Crippen molar-refractivity contribution in [1.29, 1.82) is 0 Å². The van der Waals surface area contributed by atoms with Gasteiger partial charge in [-0.2, -0.15) is 0 Å². The molecule has 1 aromatic carbocycles. The molecule has 110 valence electrons. The van der Waals surface area contributed by atoms with E-state index in [0.29, 0.717) is 19.1 Å². The van der Waals surface area contributed by atoms with Crippen molar-refractivity contribution in [3.05, 3.63) is 34.9 Å². The molecule has 1 fully saturated rings. The first kappa shape index (κ1) is 15.3. The normalized spacial score (nSPS) is 16.4. The second-order valence-electron chi connectivity index (χ2n) is 6.28. The average molecular weight is 296 g/mol. The van der Waals surface area contributed by atoms with Gasteiger partial charge in [0, 0.05) is 11.6 Å². The van der Waals surface area contributed by atoms with E-state index in [1.165, 1.54) is 25.7 Å². The molecule has 0 unspecified atom stereocenters. The number of halogens is 1. The van der Waals surface area contributed by atoms with Gasteiger partial charge in [-0.15, -0.1) is 0 Å². The molecule has 1 aromatic rings. The van der Waals surface area contributed by atoms with E-state index in [0.717, 1.165) is 15.1 Å². The largest absolute Gasteiger partial charge is 0.347 e. The maximum absolute atomic E-state index is 12.1. The van der Waals surface area contributed by atoms with Gasteiger partial charge in [0.05, 0.1) is 20.1 Å². The number of rotatable bonds is 5. The van der Waals surface area contributed by atoms with Gasteiger partial charge in [-0.25, -0.2) is 0 Å². The van der Waals surface area contributed by atoms with Crippen molar-refractivity contribution in [3.63, 3.8) is 0 Å². The quantitative estimate of drug-likeness (QED) is 0.832. The summed E-state index contributed by atoms with van der Waals surface area (Å²) in [7, 11) is 4.33. The van der Waals surface area contributed by atoms with Gasteiger partial charge in [0.25, 0.3) is 5.91 Å². The Bertz CT molecular complexity index is 450. The average Bonchev–Trinajstić information content (AvgIpc) is 2.92. The molecule has 0 heterocycles. The summed E-state index contributed by atoms with van der Waals surface area (Å²) in [5, 5.41) is 3.72. The van der Waals surface area contributed by atoms with E-state index in [4.69, 9.17) is 11.6 Å². The van der Waals surface area contributed by atoms with Crippen LogP contribution in [-0.4, -0.2) is 37.1 Å². The van der Waals surface area contributed by atoms with Crippen molar-refractivity contribution >= 4 is 17.5 Å². The van der Waals surface area contributed by atoms with Crippen LogP contribution in [0.15, 0.2) is 24.3 Å². The zero-order valence-corrected chi connectivity index (χ0v) is 13.1. The van der Waals surface area contributed by atoms with E-state index in [-0.39, 0.29) is 5.91 Å². The lowest BCUT2D eigenvalue weighted by Crippen LogP contribution is -2.52. The number of benzene rings is 1. The summed E-state index contributed by atoms with van der Waals surface area (Å²) in [6.07, 6.45) is 5.10. The van der Waals surface area contributed by atoms with E-state index in [1.54, 1.807) is 0 Å².